The summed E-state index contributed by atoms with van der Waals surface area (Å²) in [4.78, 5) is 14.1. The Morgan fingerprint density at radius 2 is 1.62 bits per heavy atom. The Hall–Kier alpha value is -2.20. The van der Waals surface area contributed by atoms with Gasteiger partial charge < -0.3 is 15.5 Å². The van der Waals surface area contributed by atoms with Gasteiger partial charge in [-0.2, -0.15) is 0 Å². The third kappa shape index (κ3) is 4.90. The Morgan fingerprint density at radius 1 is 1.04 bits per heavy atom. The molecule has 2 N–H and O–H groups in total. The van der Waals surface area contributed by atoms with Crippen LogP contribution in [-0.2, 0) is 5.41 Å². The summed E-state index contributed by atoms with van der Waals surface area (Å²) in [5, 5.41) is 6.49. The topological polar surface area (TPSA) is 44.4 Å². The predicted molar refractivity (Wildman–Crippen MR) is 102 cm³/mol. The predicted octanol–water partition coefficient (Wildman–Crippen LogP) is 4.51. The molecular formula is C19H24ClN3O. The Balaban J connectivity index is 1.91. The van der Waals surface area contributed by atoms with Crippen molar-refractivity contribution in [2.45, 2.75) is 19.3 Å². The minimum atomic E-state index is -0.213. The second-order valence-electron chi connectivity index (χ2n) is 6.64. The Labute approximate surface area is 148 Å². The van der Waals surface area contributed by atoms with Crippen molar-refractivity contribution in [3.05, 3.63) is 59.1 Å². The van der Waals surface area contributed by atoms with Crippen molar-refractivity contribution in [1.29, 1.82) is 0 Å². The molecule has 0 saturated carbocycles. The molecule has 0 aliphatic carbocycles. The molecule has 2 aromatic carbocycles. The van der Waals surface area contributed by atoms with Crippen LogP contribution in [0.1, 0.15) is 19.4 Å². The van der Waals surface area contributed by atoms with Crippen molar-refractivity contribution in [2.24, 2.45) is 0 Å². The van der Waals surface area contributed by atoms with E-state index in [4.69, 9.17) is 11.6 Å². The molecule has 5 heteroatoms. The molecule has 0 saturated heterocycles. The van der Waals surface area contributed by atoms with Crippen molar-refractivity contribution in [3.63, 3.8) is 0 Å². The quantitative estimate of drug-likeness (QED) is 0.837. The van der Waals surface area contributed by atoms with Crippen molar-refractivity contribution in [1.82, 2.24) is 5.32 Å². The Morgan fingerprint density at radius 3 is 2.17 bits per heavy atom. The standard InChI is InChI=1S/C19H24ClN3O/c1-19(2,14-5-7-15(20)8-6-14)13-21-18(24)22-16-9-11-17(12-10-16)23(3)4/h5-12H,13H2,1-4H3,(H2,21,22,24). The zero-order chi connectivity index (χ0) is 17.7. The van der Waals surface area contributed by atoms with Gasteiger partial charge in [0.25, 0.3) is 0 Å². The molecule has 2 aromatic rings. The first-order valence-corrected chi connectivity index (χ1v) is 8.24. The van der Waals surface area contributed by atoms with Crippen molar-refractivity contribution in [2.75, 3.05) is 30.9 Å². The van der Waals surface area contributed by atoms with E-state index in [1.54, 1.807) is 0 Å². The maximum atomic E-state index is 12.1. The maximum Gasteiger partial charge on any atom is 0.319 e. The highest BCUT2D eigenvalue weighted by molar-refractivity contribution is 6.30. The van der Waals surface area contributed by atoms with Crippen molar-refractivity contribution in [3.8, 4) is 0 Å². The monoisotopic (exact) mass is 345 g/mol. The average molecular weight is 346 g/mol. The lowest BCUT2D eigenvalue weighted by Gasteiger charge is -2.25. The summed E-state index contributed by atoms with van der Waals surface area (Å²) >= 11 is 5.93. The fourth-order valence-electron chi connectivity index (χ4n) is 2.32. The molecule has 0 bridgehead atoms. The van der Waals surface area contributed by atoms with Crippen LogP contribution in [0.3, 0.4) is 0 Å². The maximum absolute atomic E-state index is 12.1. The van der Waals surface area contributed by atoms with Crippen LogP contribution in [0.2, 0.25) is 5.02 Å². The highest BCUT2D eigenvalue weighted by atomic mass is 35.5. The first-order valence-electron chi connectivity index (χ1n) is 7.86. The third-order valence-electron chi connectivity index (χ3n) is 3.96. The number of nitrogens with one attached hydrogen (secondary N) is 2. The zero-order valence-electron chi connectivity index (χ0n) is 14.6. The van der Waals surface area contributed by atoms with Crippen LogP contribution >= 0.6 is 11.6 Å². The van der Waals surface area contributed by atoms with Crippen LogP contribution in [0.15, 0.2) is 48.5 Å². The smallest absolute Gasteiger partial charge is 0.319 e. The van der Waals surface area contributed by atoms with E-state index in [9.17, 15) is 4.79 Å². The number of urea groups is 1. The number of rotatable bonds is 5. The van der Waals surface area contributed by atoms with Crippen LogP contribution in [0.4, 0.5) is 16.2 Å². The summed E-state index contributed by atoms with van der Waals surface area (Å²) in [7, 11) is 3.96. The number of hydrogen-bond donors (Lipinski definition) is 2. The molecule has 0 aliphatic rings. The summed E-state index contributed by atoms with van der Waals surface area (Å²) < 4.78 is 0. The number of amides is 2. The molecule has 0 unspecified atom stereocenters. The van der Waals surface area contributed by atoms with Crippen molar-refractivity contribution < 1.29 is 4.79 Å². The van der Waals surface area contributed by atoms with Gasteiger partial charge in [0.05, 0.1) is 0 Å². The van der Waals surface area contributed by atoms with E-state index < -0.39 is 0 Å². The molecule has 24 heavy (non-hydrogen) atoms. The molecule has 0 spiro atoms. The molecule has 4 nitrogen and oxygen atoms in total. The molecular weight excluding hydrogens is 322 g/mol. The fourth-order valence-corrected chi connectivity index (χ4v) is 2.45. The van der Waals surface area contributed by atoms with Gasteiger partial charge in [-0.15, -0.1) is 0 Å². The highest BCUT2D eigenvalue weighted by Gasteiger charge is 2.21. The SMILES string of the molecule is CN(C)c1ccc(NC(=O)NCC(C)(C)c2ccc(Cl)cc2)cc1. The summed E-state index contributed by atoms with van der Waals surface area (Å²) in [5.41, 5.74) is 2.80. The summed E-state index contributed by atoms with van der Waals surface area (Å²) in [6.45, 7) is 4.70. The lowest BCUT2D eigenvalue weighted by Crippen LogP contribution is -2.38. The largest absolute Gasteiger partial charge is 0.378 e. The number of hydrogen-bond acceptors (Lipinski definition) is 2. The van der Waals surface area contributed by atoms with Gasteiger partial charge in [-0.25, -0.2) is 4.79 Å². The molecule has 2 amide bonds. The van der Waals surface area contributed by atoms with E-state index in [0.29, 0.717) is 11.6 Å². The minimum absolute atomic E-state index is 0.184. The van der Waals surface area contributed by atoms with Gasteiger partial charge in [0.15, 0.2) is 0 Å². The van der Waals surface area contributed by atoms with E-state index in [1.807, 2.05) is 67.5 Å². The molecule has 0 aromatic heterocycles. The third-order valence-corrected chi connectivity index (χ3v) is 4.21. The second-order valence-corrected chi connectivity index (χ2v) is 7.08. The molecule has 128 valence electrons. The highest BCUT2D eigenvalue weighted by Crippen LogP contribution is 2.24. The molecule has 0 fully saturated rings. The average Bonchev–Trinajstić information content (AvgIpc) is 2.54. The van der Waals surface area contributed by atoms with Crippen LogP contribution in [-0.4, -0.2) is 26.7 Å². The van der Waals surface area contributed by atoms with Crippen LogP contribution < -0.4 is 15.5 Å². The Bertz CT molecular complexity index is 679. The zero-order valence-corrected chi connectivity index (χ0v) is 15.3. The van der Waals surface area contributed by atoms with Crippen LogP contribution in [0.25, 0.3) is 0 Å². The molecule has 2 rings (SSSR count). The summed E-state index contributed by atoms with van der Waals surface area (Å²) in [6, 6.07) is 15.2. The Kier molecular flexibility index (Phi) is 5.73. The first kappa shape index (κ1) is 18.1. The molecule has 0 atom stereocenters. The number of carbonyl (C=O) groups is 1. The van der Waals surface area contributed by atoms with E-state index in [1.165, 1.54) is 0 Å². The van der Waals surface area contributed by atoms with Gasteiger partial charge in [0.2, 0.25) is 0 Å². The van der Waals surface area contributed by atoms with Gasteiger partial charge in [-0.3, -0.25) is 0 Å². The van der Waals surface area contributed by atoms with Crippen molar-refractivity contribution >= 4 is 29.0 Å². The van der Waals surface area contributed by atoms with Gasteiger partial charge in [0, 0.05) is 42.5 Å². The summed E-state index contributed by atoms with van der Waals surface area (Å²) in [5.74, 6) is 0. The first-order chi connectivity index (χ1) is 11.3. The van der Waals surface area contributed by atoms with Gasteiger partial charge in [-0.1, -0.05) is 37.6 Å². The lowest BCUT2D eigenvalue weighted by atomic mass is 9.85. The lowest BCUT2D eigenvalue weighted by molar-refractivity contribution is 0.249. The second kappa shape index (κ2) is 7.58. The number of anilines is 2. The van der Waals surface area contributed by atoms with Gasteiger partial charge >= 0.3 is 6.03 Å². The van der Waals surface area contributed by atoms with Gasteiger partial charge in [-0.05, 0) is 42.0 Å². The minimum Gasteiger partial charge on any atom is -0.378 e. The summed E-state index contributed by atoms with van der Waals surface area (Å²) in [6.07, 6.45) is 0. The van der Waals surface area contributed by atoms with E-state index in [0.717, 1.165) is 16.9 Å². The normalized spacial score (nSPS) is 11.0. The molecule has 0 heterocycles. The number of benzene rings is 2. The van der Waals surface area contributed by atoms with E-state index >= 15 is 0 Å². The van der Waals surface area contributed by atoms with Crippen LogP contribution in [0.5, 0.6) is 0 Å². The number of carbonyl (C=O) groups excluding carboxylic acids is 1. The number of nitrogens with zero attached hydrogens (tertiary/aromatic N) is 1. The molecule has 0 aliphatic heterocycles. The number of halogens is 1. The van der Waals surface area contributed by atoms with E-state index in [2.05, 4.69) is 24.5 Å². The fraction of sp³-hybridized carbons (Fsp3) is 0.316. The molecule has 0 radical (unpaired) electrons. The van der Waals surface area contributed by atoms with E-state index in [-0.39, 0.29) is 11.4 Å². The van der Waals surface area contributed by atoms with Gasteiger partial charge in [0.1, 0.15) is 0 Å². The van der Waals surface area contributed by atoms with Crippen LogP contribution in [0, 0.1) is 0 Å².